The lowest BCUT2D eigenvalue weighted by Gasteiger charge is -2.07. The van der Waals surface area contributed by atoms with Gasteiger partial charge >= 0.3 is 5.69 Å². The predicted molar refractivity (Wildman–Crippen MR) is 95.4 cm³/mol. The Hall–Kier alpha value is -4.02. The van der Waals surface area contributed by atoms with E-state index in [9.17, 15) is 19.7 Å². The van der Waals surface area contributed by atoms with Gasteiger partial charge in [0, 0.05) is 31.7 Å². The number of aryl methyl sites for hydroxylation is 2. The molecule has 11 nitrogen and oxygen atoms in total. The first kappa shape index (κ1) is 17.8. The quantitative estimate of drug-likeness (QED) is 0.517. The van der Waals surface area contributed by atoms with Gasteiger partial charge in [0.25, 0.3) is 11.8 Å². The number of anilines is 2. The van der Waals surface area contributed by atoms with Crippen LogP contribution in [0.4, 0.5) is 17.1 Å². The van der Waals surface area contributed by atoms with Crippen molar-refractivity contribution >= 4 is 28.9 Å². The van der Waals surface area contributed by atoms with Crippen LogP contribution in [-0.4, -0.2) is 36.3 Å². The summed E-state index contributed by atoms with van der Waals surface area (Å²) in [6, 6.07) is 7.90. The second kappa shape index (κ2) is 7.07. The number of aromatic nitrogens is 4. The molecule has 0 saturated heterocycles. The lowest BCUT2D eigenvalue weighted by molar-refractivity contribution is -0.385. The van der Waals surface area contributed by atoms with Gasteiger partial charge in [-0.25, -0.2) is 0 Å². The van der Waals surface area contributed by atoms with Crippen molar-refractivity contribution < 1.29 is 14.5 Å². The van der Waals surface area contributed by atoms with E-state index in [0.717, 1.165) is 10.9 Å². The molecule has 138 valence electrons. The number of benzene rings is 1. The first-order valence-electron chi connectivity index (χ1n) is 7.74. The van der Waals surface area contributed by atoms with E-state index >= 15 is 0 Å². The van der Waals surface area contributed by atoms with Crippen molar-refractivity contribution in [2.45, 2.75) is 0 Å². The molecule has 0 aliphatic heterocycles. The number of nitro groups is 1. The molecule has 0 atom stereocenters. The van der Waals surface area contributed by atoms with Crippen LogP contribution >= 0.6 is 0 Å². The van der Waals surface area contributed by atoms with Crippen LogP contribution in [0.3, 0.4) is 0 Å². The van der Waals surface area contributed by atoms with Crippen molar-refractivity contribution in [3.05, 3.63) is 64.2 Å². The molecule has 11 heteroatoms. The molecule has 0 aliphatic rings. The Balaban J connectivity index is 1.69. The van der Waals surface area contributed by atoms with Gasteiger partial charge in [0.15, 0.2) is 5.69 Å². The Morgan fingerprint density at radius 1 is 1.04 bits per heavy atom. The molecular weight excluding hydrogens is 354 g/mol. The second-order valence-corrected chi connectivity index (χ2v) is 5.62. The maximum Gasteiger partial charge on any atom is 0.320 e. The van der Waals surface area contributed by atoms with Crippen LogP contribution in [0.2, 0.25) is 0 Å². The van der Waals surface area contributed by atoms with E-state index in [1.807, 2.05) is 0 Å². The van der Waals surface area contributed by atoms with Crippen molar-refractivity contribution in [3.8, 4) is 0 Å². The highest BCUT2D eigenvalue weighted by molar-refractivity contribution is 6.06. The summed E-state index contributed by atoms with van der Waals surface area (Å²) in [7, 11) is 3.15. The summed E-state index contributed by atoms with van der Waals surface area (Å²) in [5.74, 6) is -1.02. The van der Waals surface area contributed by atoms with E-state index in [1.165, 1.54) is 11.7 Å². The normalized spacial score (nSPS) is 10.4. The monoisotopic (exact) mass is 369 g/mol. The number of nitrogens with zero attached hydrogens (tertiary/aromatic N) is 5. The van der Waals surface area contributed by atoms with Gasteiger partial charge in [0.05, 0.1) is 4.92 Å². The Morgan fingerprint density at radius 3 is 2.15 bits per heavy atom. The van der Waals surface area contributed by atoms with Gasteiger partial charge in [-0.3, -0.25) is 29.1 Å². The number of hydrogen-bond donors (Lipinski definition) is 2. The van der Waals surface area contributed by atoms with Crippen molar-refractivity contribution in [2.75, 3.05) is 10.6 Å². The third-order valence-corrected chi connectivity index (χ3v) is 3.68. The van der Waals surface area contributed by atoms with Crippen LogP contribution in [0.5, 0.6) is 0 Å². The van der Waals surface area contributed by atoms with E-state index in [-0.39, 0.29) is 23.0 Å². The van der Waals surface area contributed by atoms with E-state index in [4.69, 9.17) is 0 Å². The molecule has 2 heterocycles. The molecule has 0 saturated carbocycles. The fraction of sp³-hybridized carbons (Fsp3) is 0.125. The lowest BCUT2D eigenvalue weighted by atomic mass is 10.2. The Labute approximate surface area is 152 Å². The maximum absolute atomic E-state index is 12.3. The molecule has 0 spiro atoms. The first-order valence-corrected chi connectivity index (χ1v) is 7.74. The zero-order valence-electron chi connectivity index (χ0n) is 14.4. The van der Waals surface area contributed by atoms with Crippen molar-refractivity contribution in [1.82, 2.24) is 19.6 Å². The van der Waals surface area contributed by atoms with Crippen molar-refractivity contribution in [2.24, 2.45) is 14.1 Å². The van der Waals surface area contributed by atoms with Gasteiger partial charge in [0.2, 0.25) is 5.69 Å². The summed E-state index contributed by atoms with van der Waals surface area (Å²) < 4.78 is 2.65. The molecule has 0 bridgehead atoms. The molecule has 3 rings (SSSR count). The van der Waals surface area contributed by atoms with Gasteiger partial charge in [0.1, 0.15) is 6.20 Å². The zero-order chi connectivity index (χ0) is 19.6. The molecule has 2 N–H and O–H groups in total. The fourth-order valence-electron chi connectivity index (χ4n) is 2.38. The number of carbonyl (C=O) groups excluding carboxylic acids is 2. The van der Waals surface area contributed by atoms with E-state index in [0.29, 0.717) is 11.4 Å². The molecule has 1 aromatic carbocycles. The Morgan fingerprint density at radius 2 is 1.63 bits per heavy atom. The number of rotatable bonds is 5. The van der Waals surface area contributed by atoms with Gasteiger partial charge in [-0.2, -0.15) is 10.2 Å². The smallest absolute Gasteiger partial charge is 0.320 e. The highest BCUT2D eigenvalue weighted by Crippen LogP contribution is 2.20. The summed E-state index contributed by atoms with van der Waals surface area (Å²) in [5.41, 5.74) is 0.654. The van der Waals surface area contributed by atoms with Crippen LogP contribution in [0, 0.1) is 10.1 Å². The summed E-state index contributed by atoms with van der Waals surface area (Å²) in [6.45, 7) is 0. The summed E-state index contributed by atoms with van der Waals surface area (Å²) in [6.07, 6.45) is 2.68. The second-order valence-electron chi connectivity index (χ2n) is 5.62. The molecule has 3 aromatic rings. The van der Waals surface area contributed by atoms with Gasteiger partial charge in [-0.15, -0.1) is 0 Å². The first-order chi connectivity index (χ1) is 12.8. The molecule has 0 radical (unpaired) electrons. The zero-order valence-corrected chi connectivity index (χ0v) is 14.4. The average molecular weight is 369 g/mol. The van der Waals surface area contributed by atoms with Crippen LogP contribution in [-0.2, 0) is 14.1 Å². The molecule has 0 aliphatic carbocycles. The van der Waals surface area contributed by atoms with Crippen LogP contribution in [0.1, 0.15) is 21.0 Å². The minimum absolute atomic E-state index is 0.160. The Bertz CT molecular complexity index is 1020. The maximum atomic E-state index is 12.3. The Kier molecular flexibility index (Phi) is 4.66. The van der Waals surface area contributed by atoms with Crippen molar-refractivity contribution in [3.63, 3.8) is 0 Å². The van der Waals surface area contributed by atoms with Crippen LogP contribution in [0.25, 0.3) is 0 Å². The SMILES string of the molecule is Cn1ccc(C(=O)Nc2ccc(NC(=O)c3c([N+](=O)[O-])cnn3C)cc2)n1. The number of amides is 2. The number of carbonyl (C=O) groups is 2. The third-order valence-electron chi connectivity index (χ3n) is 3.68. The summed E-state index contributed by atoms with van der Waals surface area (Å²) >= 11 is 0. The van der Waals surface area contributed by atoms with E-state index in [1.54, 1.807) is 43.6 Å². The van der Waals surface area contributed by atoms with Gasteiger partial charge in [-0.1, -0.05) is 0 Å². The highest BCUT2D eigenvalue weighted by atomic mass is 16.6. The minimum Gasteiger partial charge on any atom is -0.321 e. The highest BCUT2D eigenvalue weighted by Gasteiger charge is 2.25. The molecule has 0 fully saturated rings. The molecule has 2 amide bonds. The molecule has 27 heavy (non-hydrogen) atoms. The van der Waals surface area contributed by atoms with E-state index in [2.05, 4.69) is 20.8 Å². The van der Waals surface area contributed by atoms with Crippen LogP contribution in [0.15, 0.2) is 42.7 Å². The number of nitrogens with one attached hydrogen (secondary N) is 2. The standard InChI is InChI=1S/C16H15N7O4/c1-21-8-7-12(20-21)15(24)18-10-3-5-11(6-4-10)19-16(25)14-13(23(26)27)9-17-22(14)2/h3-9H,1-2H3,(H,18,24)(H,19,25). The molecular formula is C16H15N7O4. The molecule has 0 unspecified atom stereocenters. The molecule has 2 aromatic heterocycles. The minimum atomic E-state index is -0.668. The third kappa shape index (κ3) is 3.81. The summed E-state index contributed by atoms with van der Waals surface area (Å²) in [5, 5.41) is 24.0. The van der Waals surface area contributed by atoms with Crippen LogP contribution < -0.4 is 10.6 Å². The topological polar surface area (TPSA) is 137 Å². The largest absolute Gasteiger partial charge is 0.321 e. The fourth-order valence-corrected chi connectivity index (χ4v) is 2.38. The van der Waals surface area contributed by atoms with Crippen molar-refractivity contribution in [1.29, 1.82) is 0 Å². The number of hydrogen-bond acceptors (Lipinski definition) is 6. The summed E-state index contributed by atoms with van der Waals surface area (Å²) in [4.78, 5) is 34.7. The van der Waals surface area contributed by atoms with E-state index < -0.39 is 10.8 Å². The van der Waals surface area contributed by atoms with Gasteiger partial charge in [-0.05, 0) is 30.3 Å². The van der Waals surface area contributed by atoms with Gasteiger partial charge < -0.3 is 10.6 Å². The lowest BCUT2D eigenvalue weighted by Crippen LogP contribution is -2.17. The average Bonchev–Trinajstić information content (AvgIpc) is 3.22. The predicted octanol–water partition coefficient (Wildman–Crippen LogP) is 1.57.